The first kappa shape index (κ1) is 29.3. The standard InChI is InChI=1S/C34H45NO6/c1-6-34(27-8-10-28(11-9-27)41-22-31(36)40-7-2)19-23-14-24(20-34)18-33(3,17-23)32(37)35-13-12-25-15-29(38-4)30(39-5)16-26(25)21-35/h8-11,15-16,23-24H,6-7,12-14,17-22H2,1-5H3. The highest BCUT2D eigenvalue weighted by Gasteiger charge is 2.51. The fourth-order valence-corrected chi connectivity index (χ4v) is 8.09. The van der Waals surface area contributed by atoms with Crippen LogP contribution in [0.3, 0.4) is 0 Å². The molecule has 0 spiro atoms. The van der Waals surface area contributed by atoms with E-state index < -0.39 is 0 Å². The van der Waals surface area contributed by atoms with Gasteiger partial charge in [0.2, 0.25) is 5.91 Å². The number of hydrogen-bond acceptors (Lipinski definition) is 6. The van der Waals surface area contributed by atoms with Crippen LogP contribution >= 0.6 is 0 Å². The number of hydrogen-bond donors (Lipinski definition) is 0. The zero-order valence-corrected chi connectivity index (χ0v) is 25.3. The van der Waals surface area contributed by atoms with Crippen LogP contribution in [0.5, 0.6) is 17.2 Å². The molecule has 41 heavy (non-hydrogen) atoms. The van der Waals surface area contributed by atoms with Crippen LogP contribution < -0.4 is 14.2 Å². The van der Waals surface area contributed by atoms with E-state index in [-0.39, 0.29) is 23.4 Å². The van der Waals surface area contributed by atoms with Crippen LogP contribution in [0.15, 0.2) is 36.4 Å². The number of esters is 1. The summed E-state index contributed by atoms with van der Waals surface area (Å²) in [7, 11) is 3.32. The summed E-state index contributed by atoms with van der Waals surface area (Å²) in [6.45, 7) is 7.95. The van der Waals surface area contributed by atoms with Crippen molar-refractivity contribution >= 4 is 11.9 Å². The van der Waals surface area contributed by atoms with Crippen molar-refractivity contribution in [3.63, 3.8) is 0 Å². The van der Waals surface area contributed by atoms with Gasteiger partial charge in [-0.05, 0) is 110 Å². The Bertz CT molecular complexity index is 1240. The number of fused-ring (bicyclic) bond motifs is 3. The zero-order valence-electron chi connectivity index (χ0n) is 25.3. The predicted octanol–water partition coefficient (Wildman–Crippen LogP) is 6.09. The Morgan fingerprint density at radius 1 is 0.927 bits per heavy atom. The van der Waals surface area contributed by atoms with E-state index in [1.54, 1.807) is 21.1 Å². The van der Waals surface area contributed by atoms with Crippen molar-refractivity contribution in [2.75, 3.05) is 34.0 Å². The lowest BCUT2D eigenvalue weighted by Crippen LogP contribution is -2.51. The van der Waals surface area contributed by atoms with Crippen molar-refractivity contribution in [2.45, 2.75) is 77.7 Å². The van der Waals surface area contributed by atoms with Crippen LogP contribution in [0.25, 0.3) is 0 Å². The van der Waals surface area contributed by atoms with Crippen LogP contribution in [-0.4, -0.2) is 50.8 Å². The molecule has 2 fully saturated rings. The molecule has 7 heteroatoms. The summed E-state index contributed by atoms with van der Waals surface area (Å²) in [5, 5.41) is 0. The molecule has 1 aliphatic heterocycles. The molecule has 5 rings (SSSR count). The number of methoxy groups -OCH3 is 2. The van der Waals surface area contributed by atoms with E-state index in [9.17, 15) is 9.59 Å². The molecule has 0 radical (unpaired) electrons. The second-order valence-electron chi connectivity index (χ2n) is 12.5. The second-order valence-corrected chi connectivity index (χ2v) is 12.5. The zero-order chi connectivity index (χ0) is 29.2. The molecule has 7 nitrogen and oxygen atoms in total. The summed E-state index contributed by atoms with van der Waals surface area (Å²) < 4.78 is 21.6. The number of nitrogens with zero attached hydrogens (tertiary/aromatic N) is 1. The Labute approximate surface area is 244 Å². The van der Waals surface area contributed by atoms with Gasteiger partial charge in [0.05, 0.1) is 20.8 Å². The Balaban J connectivity index is 1.26. The first-order chi connectivity index (χ1) is 19.7. The van der Waals surface area contributed by atoms with Crippen molar-refractivity contribution in [3.05, 3.63) is 53.1 Å². The minimum absolute atomic E-state index is 0.0762. The average molecular weight is 564 g/mol. The van der Waals surface area contributed by atoms with Gasteiger partial charge in [0.25, 0.3) is 0 Å². The summed E-state index contributed by atoms with van der Waals surface area (Å²) in [5.41, 5.74) is 3.51. The summed E-state index contributed by atoms with van der Waals surface area (Å²) in [5.74, 6) is 3.15. The maximum Gasteiger partial charge on any atom is 0.344 e. The van der Waals surface area contributed by atoms with Gasteiger partial charge in [-0.1, -0.05) is 26.0 Å². The van der Waals surface area contributed by atoms with Gasteiger partial charge in [0, 0.05) is 18.5 Å². The van der Waals surface area contributed by atoms with Crippen molar-refractivity contribution in [1.29, 1.82) is 0 Å². The summed E-state index contributed by atoms with van der Waals surface area (Å²) in [6.07, 6.45) is 7.22. The molecule has 2 atom stereocenters. The van der Waals surface area contributed by atoms with Crippen molar-refractivity contribution in [2.24, 2.45) is 17.3 Å². The monoisotopic (exact) mass is 563 g/mol. The van der Waals surface area contributed by atoms with Crippen LogP contribution in [0, 0.1) is 17.3 Å². The third-order valence-corrected chi connectivity index (χ3v) is 9.83. The van der Waals surface area contributed by atoms with Gasteiger partial charge >= 0.3 is 5.97 Å². The van der Waals surface area contributed by atoms with E-state index >= 15 is 0 Å². The Hall–Kier alpha value is -3.22. The summed E-state index contributed by atoms with van der Waals surface area (Å²) >= 11 is 0. The first-order valence-corrected chi connectivity index (χ1v) is 15.1. The predicted molar refractivity (Wildman–Crippen MR) is 157 cm³/mol. The minimum atomic E-state index is -0.354. The quantitative estimate of drug-likeness (QED) is 0.344. The highest BCUT2D eigenvalue weighted by Crippen LogP contribution is 2.56. The van der Waals surface area contributed by atoms with Crippen molar-refractivity contribution in [1.82, 2.24) is 4.90 Å². The molecule has 2 aromatic carbocycles. The average Bonchev–Trinajstić information content (AvgIpc) is 2.98. The summed E-state index contributed by atoms with van der Waals surface area (Å²) in [4.78, 5) is 27.8. The van der Waals surface area contributed by atoms with Crippen molar-refractivity contribution < 1.29 is 28.5 Å². The third-order valence-electron chi connectivity index (χ3n) is 9.83. The molecular weight excluding hydrogens is 518 g/mol. The molecule has 2 aliphatic carbocycles. The molecule has 2 bridgehead atoms. The number of carbonyl (C=O) groups excluding carboxylic acids is 2. The molecule has 2 saturated carbocycles. The maximum atomic E-state index is 14.1. The van der Waals surface area contributed by atoms with Gasteiger partial charge in [0.1, 0.15) is 5.75 Å². The Kier molecular flexibility index (Phi) is 8.53. The highest BCUT2D eigenvalue weighted by molar-refractivity contribution is 5.83. The van der Waals surface area contributed by atoms with E-state index in [0.29, 0.717) is 42.4 Å². The third kappa shape index (κ3) is 5.91. The van der Waals surface area contributed by atoms with E-state index in [0.717, 1.165) is 56.4 Å². The second kappa shape index (κ2) is 11.9. The molecule has 0 aromatic heterocycles. The molecule has 2 aromatic rings. The van der Waals surface area contributed by atoms with Crippen LogP contribution in [0.1, 0.15) is 76.0 Å². The molecule has 0 saturated heterocycles. The lowest BCUT2D eigenvalue weighted by molar-refractivity contribution is -0.148. The summed E-state index contributed by atoms with van der Waals surface area (Å²) in [6, 6.07) is 12.4. The Morgan fingerprint density at radius 2 is 1.56 bits per heavy atom. The van der Waals surface area contributed by atoms with Gasteiger partial charge in [-0.2, -0.15) is 0 Å². The van der Waals surface area contributed by atoms with Gasteiger partial charge in [-0.3, -0.25) is 4.79 Å². The normalized spacial score (nSPS) is 27.0. The lowest BCUT2D eigenvalue weighted by Gasteiger charge is -2.53. The van der Waals surface area contributed by atoms with Gasteiger partial charge in [-0.15, -0.1) is 0 Å². The Morgan fingerprint density at radius 3 is 2.15 bits per heavy atom. The van der Waals surface area contributed by atoms with Crippen LogP contribution in [-0.2, 0) is 32.7 Å². The SMILES string of the molecule is CCOC(=O)COc1ccc(C2(CC)CC3CC(CC(C)(C(=O)N4CCc5cc(OC)c(OC)cc5C4)C3)C2)cc1. The number of carbonyl (C=O) groups is 2. The smallest absolute Gasteiger partial charge is 0.344 e. The van der Waals surface area contributed by atoms with E-state index in [1.165, 1.54) is 17.5 Å². The number of ether oxygens (including phenoxy) is 4. The fourth-order valence-electron chi connectivity index (χ4n) is 8.09. The molecular formula is C34H45NO6. The van der Waals surface area contributed by atoms with E-state index in [1.807, 2.05) is 18.2 Å². The largest absolute Gasteiger partial charge is 0.493 e. The molecule has 1 heterocycles. The van der Waals surface area contributed by atoms with E-state index in [4.69, 9.17) is 18.9 Å². The minimum Gasteiger partial charge on any atom is -0.493 e. The van der Waals surface area contributed by atoms with Crippen LogP contribution in [0.2, 0.25) is 0 Å². The van der Waals surface area contributed by atoms with Gasteiger partial charge in [0.15, 0.2) is 18.1 Å². The molecule has 222 valence electrons. The topological polar surface area (TPSA) is 74.3 Å². The highest BCUT2D eigenvalue weighted by atomic mass is 16.6. The number of amides is 1. The molecule has 3 aliphatic rings. The van der Waals surface area contributed by atoms with Gasteiger partial charge in [-0.25, -0.2) is 4.79 Å². The number of rotatable bonds is 9. The van der Waals surface area contributed by atoms with E-state index in [2.05, 4.69) is 36.9 Å². The molecule has 0 N–H and O–H groups in total. The van der Waals surface area contributed by atoms with Gasteiger partial charge < -0.3 is 23.8 Å². The van der Waals surface area contributed by atoms with Crippen LogP contribution in [0.4, 0.5) is 0 Å². The molecule has 2 unspecified atom stereocenters. The van der Waals surface area contributed by atoms with Crippen molar-refractivity contribution in [3.8, 4) is 17.2 Å². The number of benzene rings is 2. The maximum absolute atomic E-state index is 14.1. The first-order valence-electron chi connectivity index (χ1n) is 15.1. The lowest BCUT2D eigenvalue weighted by atomic mass is 9.52. The fraction of sp³-hybridized carbons (Fsp3) is 0.588. The molecule has 1 amide bonds.